The lowest BCUT2D eigenvalue weighted by atomic mass is 9.94. The number of carbonyl (C=O) groups excluding carboxylic acids is 1. The summed E-state index contributed by atoms with van der Waals surface area (Å²) in [4.78, 5) is 13.2. The predicted octanol–water partition coefficient (Wildman–Crippen LogP) is 6.31. The van der Waals surface area contributed by atoms with Crippen LogP contribution in [0.15, 0.2) is 72.8 Å². The zero-order valence-corrected chi connectivity index (χ0v) is 20.1. The fraction of sp³-hybridized carbons (Fsp3) is 0.250. The summed E-state index contributed by atoms with van der Waals surface area (Å²) in [6, 6.07) is 21.4. The lowest BCUT2D eigenvalue weighted by molar-refractivity contribution is -0.0498. The van der Waals surface area contributed by atoms with Crippen molar-refractivity contribution in [3.63, 3.8) is 0 Å². The van der Waals surface area contributed by atoms with Gasteiger partial charge in [0, 0.05) is 16.8 Å². The van der Waals surface area contributed by atoms with Crippen molar-refractivity contribution in [2.75, 3.05) is 11.9 Å². The molecule has 8 heteroatoms. The van der Waals surface area contributed by atoms with Gasteiger partial charge < -0.3 is 14.8 Å². The van der Waals surface area contributed by atoms with Gasteiger partial charge in [0.1, 0.15) is 17.1 Å². The fourth-order valence-corrected chi connectivity index (χ4v) is 4.45. The van der Waals surface area contributed by atoms with Gasteiger partial charge in [-0.1, -0.05) is 30.3 Å². The Morgan fingerprint density at radius 3 is 2.53 bits per heavy atom. The molecule has 3 aromatic rings. The number of nitrogens with one attached hydrogen (secondary N) is 2. The Kier molecular flexibility index (Phi) is 6.26. The van der Waals surface area contributed by atoms with Gasteiger partial charge in [-0.3, -0.25) is 5.43 Å². The summed E-state index contributed by atoms with van der Waals surface area (Å²) in [5, 5.41) is 4.47. The van der Waals surface area contributed by atoms with Crippen LogP contribution >= 0.6 is 0 Å². The predicted molar refractivity (Wildman–Crippen MR) is 135 cm³/mol. The van der Waals surface area contributed by atoms with Gasteiger partial charge in [-0.05, 0) is 80.3 Å². The Hall–Kier alpha value is -4.07. The van der Waals surface area contributed by atoms with E-state index in [0.717, 1.165) is 46.6 Å². The van der Waals surface area contributed by atoms with Crippen LogP contribution in [0.5, 0.6) is 11.5 Å². The number of fused-ring (bicyclic) bond motifs is 1. The number of carbonyl (C=O) groups is 1. The molecular formula is C28H27F2N3O3. The highest BCUT2D eigenvalue weighted by Crippen LogP contribution is 2.35. The van der Waals surface area contributed by atoms with Gasteiger partial charge in [-0.15, -0.1) is 0 Å². The van der Waals surface area contributed by atoms with E-state index in [4.69, 9.17) is 4.74 Å². The molecular weight excluding hydrogens is 464 g/mol. The lowest BCUT2D eigenvalue weighted by Crippen LogP contribution is -2.40. The van der Waals surface area contributed by atoms with E-state index in [1.165, 1.54) is 17.1 Å². The summed E-state index contributed by atoms with van der Waals surface area (Å²) >= 11 is 0. The molecule has 0 spiro atoms. The quantitative estimate of drug-likeness (QED) is 0.439. The smallest absolute Gasteiger partial charge is 0.387 e. The van der Waals surface area contributed by atoms with Crippen LogP contribution in [-0.2, 0) is 6.42 Å². The highest BCUT2D eigenvalue weighted by atomic mass is 19.3. The van der Waals surface area contributed by atoms with Gasteiger partial charge in [-0.25, -0.2) is 9.80 Å². The van der Waals surface area contributed by atoms with E-state index >= 15 is 0 Å². The number of anilines is 1. The van der Waals surface area contributed by atoms with Crippen LogP contribution in [-0.4, -0.2) is 29.8 Å². The normalized spacial score (nSPS) is 16.3. The van der Waals surface area contributed by atoms with Crippen molar-refractivity contribution < 1.29 is 23.0 Å². The third kappa shape index (κ3) is 5.12. The second-order valence-corrected chi connectivity index (χ2v) is 9.43. The number of ether oxygens (including phenoxy) is 2. The van der Waals surface area contributed by atoms with Crippen molar-refractivity contribution in [1.29, 1.82) is 0 Å². The summed E-state index contributed by atoms with van der Waals surface area (Å²) in [6.07, 6.45) is 1.78. The number of aryl methyl sites for hydroxylation is 1. The van der Waals surface area contributed by atoms with E-state index in [0.29, 0.717) is 12.2 Å². The van der Waals surface area contributed by atoms with E-state index in [1.54, 1.807) is 12.1 Å². The minimum Gasteiger partial charge on any atom is -0.488 e. The van der Waals surface area contributed by atoms with E-state index in [-0.39, 0.29) is 17.4 Å². The molecule has 36 heavy (non-hydrogen) atoms. The number of nitrogens with zero attached hydrogens (tertiary/aromatic N) is 1. The van der Waals surface area contributed by atoms with Crippen LogP contribution in [0.1, 0.15) is 37.0 Å². The first-order valence-electron chi connectivity index (χ1n) is 11.8. The summed E-state index contributed by atoms with van der Waals surface area (Å²) in [5.74, 6) is 0.918. The molecule has 2 amide bonds. The van der Waals surface area contributed by atoms with Crippen LogP contribution in [0.4, 0.5) is 19.3 Å². The topological polar surface area (TPSA) is 62.8 Å². The van der Waals surface area contributed by atoms with Gasteiger partial charge in [0.2, 0.25) is 0 Å². The van der Waals surface area contributed by atoms with E-state index < -0.39 is 6.61 Å². The Labute approximate surface area is 208 Å². The number of hydrogen-bond acceptors (Lipinski definition) is 4. The number of benzene rings is 3. The summed E-state index contributed by atoms with van der Waals surface area (Å²) in [6.45, 7) is 1.57. The number of urea groups is 1. The van der Waals surface area contributed by atoms with Gasteiger partial charge in [0.25, 0.3) is 0 Å². The van der Waals surface area contributed by atoms with Crippen LogP contribution in [0.25, 0.3) is 11.3 Å². The van der Waals surface area contributed by atoms with Gasteiger partial charge in [0.05, 0.1) is 12.2 Å². The molecule has 186 valence electrons. The minimum absolute atomic E-state index is 0.0722. The Balaban J connectivity index is 1.35. The summed E-state index contributed by atoms with van der Waals surface area (Å²) < 4.78 is 35.6. The Morgan fingerprint density at radius 2 is 1.81 bits per heavy atom. The van der Waals surface area contributed by atoms with Gasteiger partial charge >= 0.3 is 12.6 Å². The number of rotatable bonds is 5. The molecule has 0 fully saturated rings. The summed E-state index contributed by atoms with van der Waals surface area (Å²) in [7, 11) is 0. The maximum Gasteiger partial charge on any atom is 0.387 e. The number of alkyl halides is 2. The van der Waals surface area contributed by atoms with Gasteiger partial charge in [-0.2, -0.15) is 8.78 Å². The first-order chi connectivity index (χ1) is 17.3. The number of amides is 2. The van der Waals surface area contributed by atoms with Crippen LogP contribution in [0, 0.1) is 0 Å². The van der Waals surface area contributed by atoms with Crippen molar-refractivity contribution in [3.8, 4) is 11.5 Å². The standard InChI is InChI=1S/C28H27F2N3O3/c1-28(2)15-14-20-16-21(10-13-24(20)36-28)31-27(34)33-17-23(18-6-4-3-5-7-18)25(32-33)19-8-11-22(12-9-19)35-26(29)30/h3-13,16,26,32H,14-15,17H2,1-2H3,(H,31,34). The van der Waals surface area contributed by atoms with Crippen molar-refractivity contribution >= 4 is 23.0 Å². The molecule has 0 bridgehead atoms. The molecule has 0 radical (unpaired) electrons. The van der Waals surface area contributed by atoms with Crippen molar-refractivity contribution in [2.45, 2.75) is 38.9 Å². The fourth-order valence-electron chi connectivity index (χ4n) is 4.45. The highest BCUT2D eigenvalue weighted by molar-refractivity contribution is 5.98. The average molecular weight is 492 g/mol. The summed E-state index contributed by atoms with van der Waals surface area (Å²) in [5.41, 5.74) is 8.09. The first kappa shape index (κ1) is 23.7. The molecule has 0 saturated heterocycles. The number of halogens is 2. The van der Waals surface area contributed by atoms with Crippen LogP contribution in [0.3, 0.4) is 0 Å². The van der Waals surface area contributed by atoms with E-state index in [1.807, 2.05) is 48.5 Å². The maximum absolute atomic E-state index is 13.2. The second-order valence-electron chi connectivity index (χ2n) is 9.43. The molecule has 5 rings (SSSR count). The molecule has 2 heterocycles. The minimum atomic E-state index is -2.89. The van der Waals surface area contributed by atoms with E-state index in [2.05, 4.69) is 29.3 Å². The van der Waals surface area contributed by atoms with Crippen molar-refractivity contribution in [3.05, 3.63) is 89.5 Å². The van der Waals surface area contributed by atoms with Crippen molar-refractivity contribution in [2.24, 2.45) is 0 Å². The Morgan fingerprint density at radius 1 is 1.06 bits per heavy atom. The average Bonchev–Trinajstić information content (AvgIpc) is 3.30. The largest absolute Gasteiger partial charge is 0.488 e. The lowest BCUT2D eigenvalue weighted by Gasteiger charge is -2.32. The van der Waals surface area contributed by atoms with Crippen LogP contribution < -0.4 is 20.2 Å². The van der Waals surface area contributed by atoms with Gasteiger partial charge in [0.15, 0.2) is 0 Å². The SMILES string of the molecule is CC1(C)CCc2cc(NC(=O)N3CC(c4ccccc4)=C(c4ccc(OC(F)F)cc4)N3)ccc2O1. The molecule has 2 N–H and O–H groups in total. The molecule has 6 nitrogen and oxygen atoms in total. The first-order valence-corrected chi connectivity index (χ1v) is 11.8. The monoisotopic (exact) mass is 491 g/mol. The van der Waals surface area contributed by atoms with Crippen molar-refractivity contribution in [1.82, 2.24) is 10.4 Å². The zero-order chi connectivity index (χ0) is 25.3. The maximum atomic E-state index is 13.2. The molecule has 0 aliphatic carbocycles. The molecule has 0 unspecified atom stereocenters. The Bertz CT molecular complexity index is 1290. The number of hydrazine groups is 1. The molecule has 0 atom stereocenters. The third-order valence-electron chi connectivity index (χ3n) is 6.29. The molecule has 2 aliphatic rings. The van der Waals surface area contributed by atoms with Crippen LogP contribution in [0.2, 0.25) is 0 Å². The zero-order valence-electron chi connectivity index (χ0n) is 20.1. The molecule has 3 aromatic carbocycles. The molecule has 0 saturated carbocycles. The third-order valence-corrected chi connectivity index (χ3v) is 6.29. The number of hydrogen-bond donors (Lipinski definition) is 2. The molecule has 2 aliphatic heterocycles. The second kappa shape index (κ2) is 9.53. The van der Waals surface area contributed by atoms with E-state index in [9.17, 15) is 13.6 Å². The highest BCUT2D eigenvalue weighted by Gasteiger charge is 2.29. The molecule has 0 aromatic heterocycles.